The molecule has 1 unspecified atom stereocenters. The van der Waals surface area contributed by atoms with Crippen molar-refractivity contribution in [3.63, 3.8) is 0 Å². The highest BCUT2D eigenvalue weighted by Gasteiger charge is 2.25. The molecule has 0 bridgehead atoms. The Bertz CT molecular complexity index is 771. The maximum Gasteiger partial charge on any atom is 0.200 e. The van der Waals surface area contributed by atoms with E-state index in [0.717, 1.165) is 44.4 Å². The molecule has 0 amide bonds. The molecule has 31 heavy (non-hydrogen) atoms. The molecule has 3 heteroatoms. The summed E-state index contributed by atoms with van der Waals surface area (Å²) in [5.41, 5.74) is 2.13. The smallest absolute Gasteiger partial charge is 0.200 e. The second-order valence-corrected chi connectivity index (χ2v) is 9.16. The molecule has 1 aromatic carbocycles. The summed E-state index contributed by atoms with van der Waals surface area (Å²) in [4.78, 5) is 0. The summed E-state index contributed by atoms with van der Waals surface area (Å²) in [6.07, 6.45) is 21.7. The van der Waals surface area contributed by atoms with Crippen molar-refractivity contribution in [2.75, 3.05) is 6.61 Å². The summed E-state index contributed by atoms with van der Waals surface area (Å²) in [6, 6.07) is 3.29. The van der Waals surface area contributed by atoms with Crippen molar-refractivity contribution in [1.29, 1.82) is 0 Å². The van der Waals surface area contributed by atoms with Gasteiger partial charge in [-0.3, -0.25) is 0 Å². The minimum absolute atomic E-state index is 0.0146. The third-order valence-electron chi connectivity index (χ3n) is 7.02. The molecule has 3 rings (SSSR count). The predicted molar refractivity (Wildman–Crippen MR) is 125 cm³/mol. The maximum atomic E-state index is 14.5. The Hall–Kier alpha value is -1.90. The number of hydrogen-bond donors (Lipinski definition) is 0. The molecule has 170 valence electrons. The second-order valence-electron chi connectivity index (χ2n) is 9.16. The Morgan fingerprint density at radius 1 is 1.06 bits per heavy atom. The maximum absolute atomic E-state index is 14.5. The van der Waals surface area contributed by atoms with E-state index < -0.39 is 11.6 Å². The Kier molecular flexibility index (Phi) is 9.36. The lowest BCUT2D eigenvalue weighted by molar-refractivity contribution is 0.310. The third kappa shape index (κ3) is 6.79. The van der Waals surface area contributed by atoms with Crippen LogP contribution in [0.3, 0.4) is 0 Å². The fraction of sp³-hybridized carbons (Fsp3) is 0.571. The molecule has 0 N–H and O–H groups in total. The van der Waals surface area contributed by atoms with Crippen molar-refractivity contribution in [2.24, 2.45) is 11.8 Å². The molecule has 1 aromatic rings. The van der Waals surface area contributed by atoms with Gasteiger partial charge < -0.3 is 4.74 Å². The predicted octanol–water partition coefficient (Wildman–Crippen LogP) is 8.67. The van der Waals surface area contributed by atoms with Gasteiger partial charge >= 0.3 is 0 Å². The number of ether oxygens (including phenoxy) is 1. The van der Waals surface area contributed by atoms with Gasteiger partial charge in [-0.15, -0.1) is 6.58 Å². The topological polar surface area (TPSA) is 9.23 Å². The van der Waals surface area contributed by atoms with E-state index in [1.165, 1.54) is 32.1 Å². The summed E-state index contributed by atoms with van der Waals surface area (Å²) < 4.78 is 33.9. The van der Waals surface area contributed by atoms with Crippen molar-refractivity contribution in [1.82, 2.24) is 0 Å². The largest absolute Gasteiger partial charge is 0.491 e. The highest BCUT2D eigenvalue weighted by Crippen LogP contribution is 2.39. The standard InChI is InChI=1S/C28H38F2O/c1-3-5-8-21-11-13-22(14-12-21)9-6-7-10-23-15-17-24(18-16-23)25-19-20-26(31-4-2)28(30)27(25)29/h3,7,10,13,19-21,23-24H,1,4-6,8-9,11-12,14-18H2,2H3/b10-7+. The second kappa shape index (κ2) is 12.2. The number of halogens is 2. The van der Waals surface area contributed by atoms with E-state index in [1.807, 2.05) is 6.08 Å². The van der Waals surface area contributed by atoms with Gasteiger partial charge in [0.25, 0.3) is 0 Å². The van der Waals surface area contributed by atoms with Gasteiger partial charge in [0, 0.05) is 0 Å². The molecule has 2 aliphatic rings. The van der Waals surface area contributed by atoms with Gasteiger partial charge in [0.1, 0.15) is 0 Å². The Morgan fingerprint density at radius 2 is 1.87 bits per heavy atom. The van der Waals surface area contributed by atoms with Crippen LogP contribution in [0.4, 0.5) is 8.78 Å². The first-order valence-electron chi connectivity index (χ1n) is 12.2. The molecule has 1 nitrogen and oxygen atoms in total. The molecule has 0 heterocycles. The molecule has 0 spiro atoms. The summed E-state index contributed by atoms with van der Waals surface area (Å²) in [6.45, 7) is 5.93. The molecule has 1 saturated carbocycles. The van der Waals surface area contributed by atoms with Crippen LogP contribution in [0, 0.1) is 23.5 Å². The lowest BCUT2D eigenvalue weighted by Gasteiger charge is -2.27. The van der Waals surface area contributed by atoms with Crippen LogP contribution >= 0.6 is 0 Å². The van der Waals surface area contributed by atoms with Crippen LogP contribution in [0.2, 0.25) is 0 Å². The Labute approximate surface area is 187 Å². The summed E-state index contributed by atoms with van der Waals surface area (Å²) in [5.74, 6) is -0.0310. The number of benzene rings is 1. The zero-order chi connectivity index (χ0) is 22.1. The van der Waals surface area contributed by atoms with Crippen LogP contribution in [0.1, 0.15) is 89.0 Å². The Balaban J connectivity index is 1.40. The summed E-state index contributed by atoms with van der Waals surface area (Å²) >= 11 is 0. The Morgan fingerprint density at radius 3 is 2.55 bits per heavy atom. The van der Waals surface area contributed by atoms with Crippen molar-refractivity contribution in [3.8, 4) is 5.75 Å². The lowest BCUT2D eigenvalue weighted by Crippen LogP contribution is -2.14. The zero-order valence-corrected chi connectivity index (χ0v) is 19.1. The average molecular weight is 429 g/mol. The SMILES string of the molecule is C=CCCC1CC=C(CC/C=C/C2CCC(c3ccc(OCC)c(F)c3F)CC2)CC1. The van der Waals surface area contributed by atoms with Gasteiger partial charge in [-0.2, -0.15) is 4.39 Å². The molecular formula is C28H38F2O. The van der Waals surface area contributed by atoms with Crippen molar-refractivity contribution >= 4 is 0 Å². The molecular weight excluding hydrogens is 390 g/mol. The molecule has 0 saturated heterocycles. The number of allylic oxidation sites excluding steroid dienone is 5. The van der Waals surface area contributed by atoms with Crippen LogP contribution in [0.15, 0.2) is 48.6 Å². The van der Waals surface area contributed by atoms with E-state index in [1.54, 1.807) is 24.6 Å². The van der Waals surface area contributed by atoms with Crippen molar-refractivity contribution in [3.05, 3.63) is 65.8 Å². The van der Waals surface area contributed by atoms with Crippen LogP contribution < -0.4 is 4.74 Å². The molecule has 0 aromatic heterocycles. The van der Waals surface area contributed by atoms with Gasteiger partial charge in [-0.25, -0.2) is 4.39 Å². The highest BCUT2D eigenvalue weighted by atomic mass is 19.2. The van der Waals surface area contributed by atoms with Crippen LogP contribution in [-0.4, -0.2) is 6.61 Å². The summed E-state index contributed by atoms with van der Waals surface area (Å²) in [5, 5.41) is 0. The summed E-state index contributed by atoms with van der Waals surface area (Å²) in [7, 11) is 0. The van der Waals surface area contributed by atoms with Gasteiger partial charge in [-0.05, 0) is 107 Å². The monoisotopic (exact) mass is 428 g/mol. The average Bonchev–Trinajstić information content (AvgIpc) is 2.80. The van der Waals surface area contributed by atoms with Crippen molar-refractivity contribution < 1.29 is 13.5 Å². The van der Waals surface area contributed by atoms with Crippen LogP contribution in [0.25, 0.3) is 0 Å². The minimum atomic E-state index is -0.842. The third-order valence-corrected chi connectivity index (χ3v) is 7.02. The number of rotatable bonds is 10. The van der Waals surface area contributed by atoms with E-state index in [9.17, 15) is 8.78 Å². The van der Waals surface area contributed by atoms with Gasteiger partial charge in [-0.1, -0.05) is 35.9 Å². The first-order chi connectivity index (χ1) is 15.1. The van der Waals surface area contributed by atoms with E-state index in [4.69, 9.17) is 4.74 Å². The molecule has 1 atom stereocenters. The molecule has 1 fully saturated rings. The zero-order valence-electron chi connectivity index (χ0n) is 19.1. The van der Waals surface area contributed by atoms with Crippen LogP contribution in [-0.2, 0) is 0 Å². The van der Waals surface area contributed by atoms with E-state index in [2.05, 4.69) is 24.8 Å². The lowest BCUT2D eigenvalue weighted by atomic mass is 9.78. The van der Waals surface area contributed by atoms with Crippen molar-refractivity contribution in [2.45, 2.75) is 83.5 Å². The highest BCUT2D eigenvalue weighted by molar-refractivity contribution is 5.33. The van der Waals surface area contributed by atoms with E-state index in [0.29, 0.717) is 18.1 Å². The van der Waals surface area contributed by atoms with Crippen LogP contribution in [0.5, 0.6) is 5.75 Å². The fourth-order valence-electron chi connectivity index (χ4n) is 5.09. The van der Waals surface area contributed by atoms with E-state index in [-0.39, 0.29) is 11.7 Å². The quantitative estimate of drug-likeness (QED) is 0.339. The number of hydrogen-bond acceptors (Lipinski definition) is 1. The fourth-order valence-corrected chi connectivity index (χ4v) is 5.09. The van der Waals surface area contributed by atoms with Gasteiger partial charge in [0.05, 0.1) is 6.61 Å². The molecule has 2 aliphatic carbocycles. The van der Waals surface area contributed by atoms with Gasteiger partial charge in [0.2, 0.25) is 5.82 Å². The molecule has 0 aliphatic heterocycles. The first kappa shape index (κ1) is 23.8. The van der Waals surface area contributed by atoms with E-state index >= 15 is 0 Å². The molecule has 0 radical (unpaired) electrons. The minimum Gasteiger partial charge on any atom is -0.491 e. The normalized spacial score (nSPS) is 24.2. The van der Waals surface area contributed by atoms with Gasteiger partial charge in [0.15, 0.2) is 11.6 Å². The first-order valence-corrected chi connectivity index (χ1v) is 12.2.